The third-order valence-corrected chi connectivity index (χ3v) is 13.1. The molecule has 0 aliphatic rings. The molecule has 0 bridgehead atoms. The van der Waals surface area contributed by atoms with E-state index in [1.807, 2.05) is 13.8 Å². The molecule has 6 rings (SSSR count). The van der Waals surface area contributed by atoms with E-state index in [9.17, 15) is 5.11 Å². The summed E-state index contributed by atoms with van der Waals surface area (Å²) in [4.78, 5) is 2.31. The van der Waals surface area contributed by atoms with E-state index in [2.05, 4.69) is 208 Å². The lowest BCUT2D eigenvalue weighted by Gasteiger charge is -2.35. The molecule has 0 radical (unpaired) electrons. The van der Waals surface area contributed by atoms with Crippen LogP contribution in [0.25, 0.3) is 36.5 Å². The summed E-state index contributed by atoms with van der Waals surface area (Å²) in [6.07, 6.45) is 13.0. The van der Waals surface area contributed by atoms with Gasteiger partial charge in [-0.1, -0.05) is 162 Å². The van der Waals surface area contributed by atoms with E-state index < -0.39 is 33.6 Å². The van der Waals surface area contributed by atoms with Crippen molar-refractivity contribution in [3.05, 3.63) is 196 Å². The molecule has 6 aromatic rings. The zero-order valence-corrected chi connectivity index (χ0v) is 45.4. The molecule has 0 saturated heterocycles. The van der Waals surface area contributed by atoms with Gasteiger partial charge in [0.2, 0.25) is 0 Å². The van der Waals surface area contributed by atoms with E-state index >= 15 is 0 Å². The average Bonchev–Trinajstić information content (AvgIpc) is 3.29. The number of aliphatic hydroxyl groups is 5. The number of ether oxygens (including phenoxy) is 1. The highest BCUT2D eigenvalue weighted by Crippen LogP contribution is 2.35. The van der Waals surface area contributed by atoms with Crippen molar-refractivity contribution < 1.29 is 30.3 Å². The fourth-order valence-corrected chi connectivity index (χ4v) is 5.51. The van der Waals surface area contributed by atoms with Gasteiger partial charge in [-0.2, -0.15) is 0 Å². The van der Waals surface area contributed by atoms with E-state index in [0.29, 0.717) is 0 Å². The Morgan fingerprint density at radius 2 is 0.465 bits per heavy atom. The lowest BCUT2D eigenvalue weighted by Crippen LogP contribution is -2.46. The largest absolute Gasteiger partial charge is 0.387 e. The lowest BCUT2D eigenvalue weighted by atomic mass is 9.90. The van der Waals surface area contributed by atoms with Gasteiger partial charge in [0.15, 0.2) is 0 Å². The van der Waals surface area contributed by atoms with Crippen molar-refractivity contribution >= 4 is 53.5 Å². The summed E-state index contributed by atoms with van der Waals surface area (Å²) in [5.74, 6) is 0. The van der Waals surface area contributed by atoms with Crippen LogP contribution in [0.1, 0.15) is 133 Å². The highest BCUT2D eigenvalue weighted by molar-refractivity contribution is 5.80. The maximum absolute atomic E-state index is 9.42. The van der Waals surface area contributed by atoms with Crippen LogP contribution < -0.4 is 4.90 Å². The molecule has 0 heterocycles. The first kappa shape index (κ1) is 59.4. The number of hydrogen-bond donors (Lipinski definition) is 5. The monoisotopic (exact) mass is 962 g/mol. The zero-order chi connectivity index (χ0) is 53.4. The minimum Gasteiger partial charge on any atom is -0.387 e. The van der Waals surface area contributed by atoms with Crippen LogP contribution in [0.15, 0.2) is 146 Å². The van der Waals surface area contributed by atoms with Gasteiger partial charge in [0.25, 0.3) is 0 Å². The number of benzene rings is 6. The molecule has 0 spiro atoms. The summed E-state index contributed by atoms with van der Waals surface area (Å²) in [5, 5.41) is 45.8. The van der Waals surface area contributed by atoms with Gasteiger partial charge in [-0.3, -0.25) is 0 Å². The number of rotatable bonds is 13. The van der Waals surface area contributed by atoms with E-state index in [0.717, 1.165) is 33.8 Å². The van der Waals surface area contributed by atoms with E-state index in [1.165, 1.54) is 33.4 Å². The van der Waals surface area contributed by atoms with Gasteiger partial charge in [0.05, 0.1) is 33.6 Å². The molecule has 0 aliphatic carbocycles. The van der Waals surface area contributed by atoms with Gasteiger partial charge in [0.1, 0.15) is 0 Å². The molecule has 0 aromatic heterocycles. The molecule has 5 N–H and O–H groups in total. The Bertz CT molecular complexity index is 2290. The highest BCUT2D eigenvalue weighted by Gasteiger charge is 2.35. The minimum atomic E-state index is -1.01. The molecular weight excluding hydrogens is 879 g/mol. The Morgan fingerprint density at radius 3 is 0.592 bits per heavy atom. The van der Waals surface area contributed by atoms with Gasteiger partial charge in [0, 0.05) is 24.2 Å². The maximum atomic E-state index is 9.42. The van der Waals surface area contributed by atoms with Gasteiger partial charge in [-0.15, -0.1) is 0 Å². The van der Waals surface area contributed by atoms with Gasteiger partial charge >= 0.3 is 0 Å². The summed E-state index contributed by atoms with van der Waals surface area (Å²) in [7, 11) is 1.60. The molecule has 7 nitrogen and oxygen atoms in total. The van der Waals surface area contributed by atoms with Crippen molar-refractivity contribution in [2.75, 3.05) is 12.0 Å². The Labute approximate surface area is 427 Å². The average molecular weight is 962 g/mol. The van der Waals surface area contributed by atoms with Crippen LogP contribution in [-0.4, -0.2) is 66.2 Å². The molecule has 71 heavy (non-hydrogen) atoms. The molecule has 0 saturated carbocycles. The predicted molar refractivity (Wildman–Crippen MR) is 304 cm³/mol. The van der Waals surface area contributed by atoms with Crippen LogP contribution in [-0.2, 0) is 4.74 Å². The molecule has 7 heteroatoms. The lowest BCUT2D eigenvalue weighted by molar-refractivity contribution is -0.129. The van der Waals surface area contributed by atoms with Crippen molar-refractivity contribution in [2.45, 2.75) is 137 Å². The molecule has 0 fully saturated rings. The smallest absolute Gasteiger partial charge is 0.0902 e. The standard InChI is InChI=1S/C45H39N.C7H16O2.2C6H14O2/c1-34-4-10-37(11-5-34)16-19-40-22-28-43(29-23-40)46(44-30-24-41(25-31-44)20-17-38-12-6-35(2)7-13-38)45-32-26-42(27-33-45)21-18-39-14-8-36(3)9-15-39;1-6(2,8)7(3,4)9-5;2*1-5(2,7)6(3,4)8/h4-33H,1-3H3;8H,1-5H3;2*7-8H,1-4H3/b19-16+,20-17+,21-18+;;;. The third-order valence-electron chi connectivity index (χ3n) is 13.1. The molecule has 6 aromatic carbocycles. The summed E-state index contributed by atoms with van der Waals surface area (Å²) in [5.41, 5.74) is 8.96. The SMILES string of the molecule is CC(C)(O)C(C)(C)O.CC(C)(O)C(C)(C)O.COC(C)(C)C(C)(C)O.Cc1ccc(/C=C/c2ccc(N(c3ccc(/C=C/c4ccc(C)cc4)cc3)c3ccc(/C=C/c4ccc(C)cc4)cc3)cc2)cc1. The number of aryl methyl sites for hydroxylation is 3. The summed E-state index contributed by atoms with van der Waals surface area (Å²) >= 11 is 0. The zero-order valence-electron chi connectivity index (χ0n) is 45.4. The van der Waals surface area contributed by atoms with Crippen LogP contribution in [0, 0.1) is 20.8 Å². The molecular formula is C64H83NO6. The highest BCUT2D eigenvalue weighted by atomic mass is 16.5. The minimum absolute atomic E-state index is 0.465. The fraction of sp³-hybridized carbons (Fsp3) is 0.344. The van der Waals surface area contributed by atoms with Crippen LogP contribution in [0.2, 0.25) is 0 Å². The Morgan fingerprint density at radius 1 is 0.296 bits per heavy atom. The third kappa shape index (κ3) is 20.0. The quantitative estimate of drug-likeness (QED) is 0.0733. The van der Waals surface area contributed by atoms with Crippen LogP contribution in [0.5, 0.6) is 0 Å². The number of nitrogens with zero attached hydrogens (tertiary/aromatic N) is 1. The molecule has 0 aliphatic heterocycles. The molecule has 380 valence electrons. The number of methoxy groups -OCH3 is 1. The predicted octanol–water partition coefficient (Wildman–Crippen LogP) is 14.8. The summed E-state index contributed by atoms with van der Waals surface area (Å²) < 4.78 is 5.05. The topological polar surface area (TPSA) is 114 Å². The summed E-state index contributed by atoms with van der Waals surface area (Å²) in [6.45, 7) is 26.1. The Kier molecular flexibility index (Phi) is 21.3. The second kappa shape index (κ2) is 25.5. The summed E-state index contributed by atoms with van der Waals surface area (Å²) in [6, 6.07) is 52.1. The first-order valence-electron chi connectivity index (χ1n) is 24.3. The van der Waals surface area contributed by atoms with Crippen molar-refractivity contribution in [3.63, 3.8) is 0 Å². The Hall–Kier alpha value is -5.90. The maximum Gasteiger partial charge on any atom is 0.0902 e. The van der Waals surface area contributed by atoms with Crippen molar-refractivity contribution in [1.82, 2.24) is 0 Å². The van der Waals surface area contributed by atoms with Gasteiger partial charge in [-0.25, -0.2) is 0 Å². The first-order chi connectivity index (χ1) is 32.8. The van der Waals surface area contributed by atoms with Crippen LogP contribution in [0.4, 0.5) is 17.1 Å². The number of hydrogen-bond acceptors (Lipinski definition) is 7. The molecule has 0 atom stereocenters. The van der Waals surface area contributed by atoms with Crippen LogP contribution in [0.3, 0.4) is 0 Å². The normalized spacial score (nSPS) is 12.5. The second-order valence-electron chi connectivity index (χ2n) is 21.4. The Balaban J connectivity index is 0.000000436. The first-order valence-corrected chi connectivity index (χ1v) is 24.3. The molecule has 0 amide bonds. The molecule has 0 unspecified atom stereocenters. The van der Waals surface area contributed by atoms with Crippen molar-refractivity contribution in [1.29, 1.82) is 0 Å². The van der Waals surface area contributed by atoms with Crippen LogP contribution >= 0.6 is 0 Å². The van der Waals surface area contributed by atoms with Gasteiger partial charge in [-0.05, 0) is 174 Å². The van der Waals surface area contributed by atoms with Gasteiger partial charge < -0.3 is 35.2 Å². The second-order valence-corrected chi connectivity index (χ2v) is 21.4. The van der Waals surface area contributed by atoms with E-state index in [-0.39, 0.29) is 0 Å². The fourth-order valence-electron chi connectivity index (χ4n) is 5.51. The van der Waals surface area contributed by atoms with E-state index in [4.69, 9.17) is 25.2 Å². The van der Waals surface area contributed by atoms with E-state index in [1.54, 1.807) is 76.3 Å². The van der Waals surface area contributed by atoms with Crippen molar-refractivity contribution in [2.24, 2.45) is 0 Å². The number of anilines is 3. The van der Waals surface area contributed by atoms with Crippen molar-refractivity contribution in [3.8, 4) is 0 Å².